The Morgan fingerprint density at radius 3 is 2.50 bits per heavy atom. The molecule has 16 heavy (non-hydrogen) atoms. The van der Waals surface area contributed by atoms with Crippen LogP contribution in [0, 0.1) is 0 Å². The van der Waals surface area contributed by atoms with E-state index in [-0.39, 0.29) is 0 Å². The van der Waals surface area contributed by atoms with Crippen molar-refractivity contribution in [2.75, 3.05) is 0 Å². The third-order valence-electron chi connectivity index (χ3n) is 3.08. The largest absolute Gasteiger partial charge is 0.427 e. The second kappa shape index (κ2) is 4.59. The lowest BCUT2D eigenvalue weighted by atomic mass is 9.84. The van der Waals surface area contributed by atoms with Gasteiger partial charge >= 0.3 is 7.48 Å². The van der Waals surface area contributed by atoms with Gasteiger partial charge in [0.25, 0.3) is 0 Å². The fourth-order valence-corrected chi connectivity index (χ4v) is 1.09. The van der Waals surface area contributed by atoms with Gasteiger partial charge in [-0.05, 0) is 40.1 Å². The molecule has 0 amide bonds. The van der Waals surface area contributed by atoms with Gasteiger partial charge in [-0.1, -0.05) is 0 Å². The van der Waals surface area contributed by atoms with Gasteiger partial charge in [0.15, 0.2) is 0 Å². The van der Waals surface area contributed by atoms with Crippen molar-refractivity contribution in [1.29, 1.82) is 0 Å². The van der Waals surface area contributed by atoms with Crippen LogP contribution < -0.4 is 5.46 Å². The molecule has 4 nitrogen and oxygen atoms in total. The van der Waals surface area contributed by atoms with Crippen LogP contribution in [0.2, 0.25) is 0 Å². The van der Waals surface area contributed by atoms with Gasteiger partial charge in [0.2, 0.25) is 0 Å². The van der Waals surface area contributed by atoms with Crippen molar-refractivity contribution in [3.05, 3.63) is 12.4 Å². The zero-order chi connectivity index (χ0) is 12.4. The average Bonchev–Trinajstić information content (AvgIpc) is 2.60. The lowest BCUT2D eigenvalue weighted by Gasteiger charge is -2.37. The molecule has 0 aromatic carbocycles. The van der Waals surface area contributed by atoms with Gasteiger partial charge in [0.1, 0.15) is 0 Å². The summed E-state index contributed by atoms with van der Waals surface area (Å²) in [5, 5.41) is 14.1. The molecule has 1 heterocycles. The highest BCUT2D eigenvalue weighted by molar-refractivity contribution is 6.46. The molecular formula is C11H21BN2O2. The van der Waals surface area contributed by atoms with Crippen LogP contribution in [0.1, 0.15) is 34.6 Å². The number of aliphatic hydroxyl groups is 1. The summed E-state index contributed by atoms with van der Waals surface area (Å²) < 4.78 is 7.59. The number of nitrogens with zero attached hydrogens (tertiary/aromatic N) is 2. The summed E-state index contributed by atoms with van der Waals surface area (Å²) in [6.45, 7) is 10.2. The van der Waals surface area contributed by atoms with Gasteiger partial charge in [0.05, 0.1) is 11.2 Å². The fraction of sp³-hybridized carbons (Fsp3) is 0.727. The summed E-state index contributed by atoms with van der Waals surface area (Å²) >= 11 is 0. The SMILES string of the molecule is CCn1cc(BOC(C)(C)C(C)(C)O)cn1. The van der Waals surface area contributed by atoms with Crippen LogP contribution >= 0.6 is 0 Å². The molecule has 1 N–H and O–H groups in total. The maximum absolute atomic E-state index is 9.93. The first-order valence-corrected chi connectivity index (χ1v) is 5.64. The van der Waals surface area contributed by atoms with E-state index in [1.165, 1.54) is 0 Å². The van der Waals surface area contributed by atoms with Gasteiger partial charge in [-0.2, -0.15) is 5.10 Å². The highest BCUT2D eigenvalue weighted by atomic mass is 16.5. The molecule has 0 aliphatic rings. The van der Waals surface area contributed by atoms with E-state index in [0.29, 0.717) is 7.48 Å². The minimum Gasteiger partial charge on any atom is -0.427 e. The molecule has 1 aromatic heterocycles. The third-order valence-corrected chi connectivity index (χ3v) is 3.08. The summed E-state index contributed by atoms with van der Waals surface area (Å²) in [5.41, 5.74) is -0.422. The summed E-state index contributed by atoms with van der Waals surface area (Å²) in [7, 11) is 0.469. The Kier molecular flexibility index (Phi) is 3.81. The maximum Gasteiger partial charge on any atom is 0.312 e. The van der Waals surface area contributed by atoms with Gasteiger partial charge in [-0.15, -0.1) is 0 Å². The van der Waals surface area contributed by atoms with Crippen molar-refractivity contribution in [3.8, 4) is 0 Å². The Morgan fingerprint density at radius 1 is 1.44 bits per heavy atom. The highest BCUT2D eigenvalue weighted by Gasteiger charge is 2.35. The molecule has 0 bridgehead atoms. The van der Waals surface area contributed by atoms with Gasteiger partial charge < -0.3 is 9.76 Å². The number of aromatic nitrogens is 2. The maximum atomic E-state index is 9.93. The van der Waals surface area contributed by atoms with E-state index >= 15 is 0 Å². The minimum absolute atomic E-state index is 0.469. The first-order chi connectivity index (χ1) is 7.26. The molecule has 90 valence electrons. The number of aryl methyl sites for hydroxylation is 1. The molecule has 0 aliphatic heterocycles. The molecule has 1 aromatic rings. The van der Waals surface area contributed by atoms with Crippen LogP contribution in [0.5, 0.6) is 0 Å². The van der Waals surface area contributed by atoms with E-state index in [1.807, 2.05) is 31.6 Å². The molecule has 0 saturated heterocycles. The minimum atomic E-state index is -0.867. The Balaban J connectivity index is 2.57. The van der Waals surface area contributed by atoms with E-state index < -0.39 is 11.2 Å². The molecule has 0 spiro atoms. The Hall–Kier alpha value is -0.805. The molecule has 1 rings (SSSR count). The molecule has 0 aliphatic carbocycles. The zero-order valence-electron chi connectivity index (χ0n) is 10.8. The van der Waals surface area contributed by atoms with Crippen molar-refractivity contribution < 1.29 is 9.76 Å². The Bertz CT molecular complexity index is 342. The van der Waals surface area contributed by atoms with Crippen molar-refractivity contribution in [2.45, 2.75) is 52.4 Å². The van der Waals surface area contributed by atoms with Crippen LogP contribution in [0.25, 0.3) is 0 Å². The monoisotopic (exact) mass is 224 g/mol. The average molecular weight is 224 g/mol. The Morgan fingerprint density at radius 2 is 2.06 bits per heavy atom. The molecule has 0 atom stereocenters. The van der Waals surface area contributed by atoms with E-state index in [4.69, 9.17) is 4.65 Å². The van der Waals surface area contributed by atoms with Crippen molar-refractivity contribution in [2.24, 2.45) is 0 Å². The van der Waals surface area contributed by atoms with Crippen molar-refractivity contribution >= 4 is 12.9 Å². The van der Waals surface area contributed by atoms with E-state index in [2.05, 4.69) is 5.10 Å². The molecule has 0 unspecified atom stereocenters. The first kappa shape index (κ1) is 13.3. The molecule has 5 heteroatoms. The standard InChI is InChI=1S/C11H21BN2O2/c1-6-14-8-9(7-13-14)12-16-11(4,5)10(2,3)15/h7-8,12,15H,6H2,1-5H3. The van der Waals surface area contributed by atoms with E-state index in [9.17, 15) is 5.11 Å². The number of hydrogen-bond donors (Lipinski definition) is 1. The van der Waals surface area contributed by atoms with Crippen molar-refractivity contribution in [1.82, 2.24) is 9.78 Å². The number of rotatable bonds is 5. The lowest BCUT2D eigenvalue weighted by molar-refractivity contribution is -0.0893. The van der Waals surface area contributed by atoms with Crippen LogP contribution in [0.4, 0.5) is 0 Å². The molecular weight excluding hydrogens is 203 g/mol. The normalized spacial score (nSPS) is 12.9. The summed E-state index contributed by atoms with van der Waals surface area (Å²) in [5.74, 6) is 0. The first-order valence-electron chi connectivity index (χ1n) is 5.64. The topological polar surface area (TPSA) is 47.3 Å². The fourth-order valence-electron chi connectivity index (χ4n) is 1.09. The third kappa shape index (κ3) is 3.09. The van der Waals surface area contributed by atoms with Crippen LogP contribution in [-0.2, 0) is 11.2 Å². The van der Waals surface area contributed by atoms with E-state index in [0.717, 1.165) is 12.0 Å². The van der Waals surface area contributed by atoms with Gasteiger partial charge in [-0.3, -0.25) is 4.68 Å². The second-order valence-electron chi connectivity index (χ2n) is 5.06. The quantitative estimate of drug-likeness (QED) is 0.738. The molecule has 0 radical (unpaired) electrons. The van der Waals surface area contributed by atoms with Crippen LogP contribution in [-0.4, -0.2) is 33.6 Å². The molecule has 0 saturated carbocycles. The van der Waals surface area contributed by atoms with E-state index in [1.54, 1.807) is 20.0 Å². The predicted octanol–water partition coefficient (Wildman–Crippen LogP) is 0.446. The summed E-state index contributed by atoms with van der Waals surface area (Å²) in [4.78, 5) is 0. The van der Waals surface area contributed by atoms with Gasteiger partial charge in [-0.25, -0.2) is 0 Å². The van der Waals surface area contributed by atoms with Crippen LogP contribution in [0.3, 0.4) is 0 Å². The number of hydrogen-bond acceptors (Lipinski definition) is 3. The smallest absolute Gasteiger partial charge is 0.312 e. The summed E-state index contributed by atoms with van der Waals surface area (Å²) in [6.07, 6.45) is 3.75. The lowest BCUT2D eigenvalue weighted by Crippen LogP contribution is -2.49. The zero-order valence-corrected chi connectivity index (χ0v) is 10.8. The Labute approximate surface area is 97.9 Å². The van der Waals surface area contributed by atoms with Crippen molar-refractivity contribution in [3.63, 3.8) is 0 Å². The van der Waals surface area contributed by atoms with Crippen LogP contribution in [0.15, 0.2) is 12.4 Å². The highest BCUT2D eigenvalue weighted by Crippen LogP contribution is 2.24. The summed E-state index contributed by atoms with van der Waals surface area (Å²) in [6, 6.07) is 0. The predicted molar refractivity (Wildman–Crippen MR) is 66.1 cm³/mol. The van der Waals surface area contributed by atoms with Gasteiger partial charge in [0, 0.05) is 18.9 Å². The second-order valence-corrected chi connectivity index (χ2v) is 5.06. The molecule has 0 fully saturated rings.